The van der Waals surface area contributed by atoms with Gasteiger partial charge in [0.1, 0.15) is 0 Å². The Labute approximate surface area is 110 Å². The summed E-state index contributed by atoms with van der Waals surface area (Å²) >= 11 is 0. The molecule has 1 aliphatic rings. The molecule has 1 aromatic carbocycles. The van der Waals surface area contributed by atoms with E-state index in [4.69, 9.17) is 5.11 Å². The second-order valence-electron chi connectivity index (χ2n) is 4.54. The number of rotatable bonds is 4. The van der Waals surface area contributed by atoms with Crippen LogP contribution >= 0.6 is 0 Å². The maximum atomic E-state index is 11.5. The van der Waals surface area contributed by atoms with Crippen LogP contribution < -0.4 is 5.32 Å². The maximum absolute atomic E-state index is 11.5. The van der Waals surface area contributed by atoms with E-state index in [1.54, 1.807) is 0 Å². The Morgan fingerprint density at radius 1 is 1.26 bits per heavy atom. The number of hydrogen-bond donors (Lipinski definition) is 3. The van der Waals surface area contributed by atoms with Gasteiger partial charge in [0.15, 0.2) is 5.66 Å². The Kier molecular flexibility index (Phi) is 3.71. The van der Waals surface area contributed by atoms with Crippen LogP contribution in [0, 0.1) is 0 Å². The molecule has 6 heteroatoms. The van der Waals surface area contributed by atoms with Gasteiger partial charge in [0.2, 0.25) is 0 Å². The van der Waals surface area contributed by atoms with Crippen LogP contribution in [0.15, 0.2) is 30.3 Å². The monoisotopic (exact) mass is 264 g/mol. The molecule has 0 aromatic heterocycles. The summed E-state index contributed by atoms with van der Waals surface area (Å²) in [6, 6.07) is 9.31. The zero-order valence-electron chi connectivity index (χ0n) is 10.4. The van der Waals surface area contributed by atoms with Crippen molar-refractivity contribution in [1.29, 1.82) is 0 Å². The van der Waals surface area contributed by atoms with Gasteiger partial charge in [-0.15, -0.1) is 0 Å². The fraction of sp³-hybridized carbons (Fsp3) is 0.385. The van der Waals surface area contributed by atoms with Crippen molar-refractivity contribution in [1.82, 2.24) is 10.2 Å². The summed E-state index contributed by atoms with van der Waals surface area (Å²) in [5.74, 6) is -1.15. The molecule has 1 saturated heterocycles. The first-order chi connectivity index (χ1) is 9.06. The van der Waals surface area contributed by atoms with Gasteiger partial charge in [0.05, 0.1) is 0 Å². The van der Waals surface area contributed by atoms with Crippen LogP contribution in [0.5, 0.6) is 0 Å². The predicted molar refractivity (Wildman–Crippen MR) is 67.6 cm³/mol. The van der Waals surface area contributed by atoms with E-state index in [9.17, 15) is 14.7 Å². The van der Waals surface area contributed by atoms with E-state index in [2.05, 4.69) is 5.32 Å². The third-order valence-corrected chi connectivity index (χ3v) is 3.39. The molecule has 1 heterocycles. The van der Waals surface area contributed by atoms with E-state index in [1.165, 1.54) is 0 Å². The first-order valence-corrected chi connectivity index (χ1v) is 6.09. The quantitative estimate of drug-likeness (QED) is 0.763. The van der Waals surface area contributed by atoms with Gasteiger partial charge in [0, 0.05) is 13.1 Å². The van der Waals surface area contributed by atoms with Crippen molar-refractivity contribution in [3.8, 4) is 0 Å². The minimum Gasteiger partial charge on any atom is -0.478 e. The lowest BCUT2D eigenvalue weighted by Gasteiger charge is -2.33. The zero-order valence-corrected chi connectivity index (χ0v) is 10.4. The number of hydrogen-bond acceptors (Lipinski definition) is 3. The average molecular weight is 264 g/mol. The van der Waals surface area contributed by atoms with Gasteiger partial charge < -0.3 is 10.2 Å². The van der Waals surface area contributed by atoms with Crippen LogP contribution in [-0.2, 0) is 11.3 Å². The Balaban J connectivity index is 2.16. The highest BCUT2D eigenvalue weighted by atomic mass is 16.4. The molecular weight excluding hydrogens is 248 g/mol. The first-order valence-electron chi connectivity index (χ1n) is 6.09. The van der Waals surface area contributed by atoms with Crippen molar-refractivity contribution in [2.75, 3.05) is 6.54 Å². The largest absolute Gasteiger partial charge is 0.478 e. The summed E-state index contributed by atoms with van der Waals surface area (Å²) < 4.78 is 0. The highest BCUT2D eigenvalue weighted by Crippen LogP contribution is 2.27. The smallest absolute Gasteiger partial charge is 0.409 e. The van der Waals surface area contributed by atoms with Crippen molar-refractivity contribution in [2.24, 2.45) is 0 Å². The molecule has 102 valence electrons. The SMILES string of the molecule is O=C(O)N1CCCC1(NCc1ccccc1)C(=O)O. The summed E-state index contributed by atoms with van der Waals surface area (Å²) in [5, 5.41) is 21.4. The van der Waals surface area contributed by atoms with Crippen LogP contribution in [0.4, 0.5) is 4.79 Å². The molecule has 3 N–H and O–H groups in total. The van der Waals surface area contributed by atoms with Gasteiger partial charge in [-0.25, -0.2) is 9.59 Å². The van der Waals surface area contributed by atoms with Crippen molar-refractivity contribution >= 4 is 12.1 Å². The number of carboxylic acids is 1. The fourth-order valence-electron chi connectivity index (χ4n) is 2.40. The highest BCUT2D eigenvalue weighted by Gasteiger charge is 2.50. The molecule has 0 saturated carbocycles. The van der Waals surface area contributed by atoms with Gasteiger partial charge >= 0.3 is 12.1 Å². The Morgan fingerprint density at radius 2 is 1.95 bits per heavy atom. The lowest BCUT2D eigenvalue weighted by atomic mass is 10.1. The number of nitrogens with zero attached hydrogens (tertiary/aromatic N) is 1. The number of benzene rings is 1. The maximum Gasteiger partial charge on any atom is 0.409 e. The number of carboxylic acid groups (broad SMARTS) is 2. The van der Waals surface area contributed by atoms with Crippen LogP contribution in [0.25, 0.3) is 0 Å². The minimum absolute atomic E-state index is 0.240. The summed E-state index contributed by atoms with van der Waals surface area (Å²) in [5.41, 5.74) is -0.595. The zero-order chi connectivity index (χ0) is 13.9. The van der Waals surface area contributed by atoms with Crippen LogP contribution in [0.1, 0.15) is 18.4 Å². The Morgan fingerprint density at radius 3 is 2.53 bits per heavy atom. The highest BCUT2D eigenvalue weighted by molar-refractivity contribution is 5.84. The van der Waals surface area contributed by atoms with Crippen LogP contribution in [0.3, 0.4) is 0 Å². The van der Waals surface area contributed by atoms with E-state index < -0.39 is 17.7 Å². The van der Waals surface area contributed by atoms with E-state index in [-0.39, 0.29) is 13.0 Å². The molecule has 1 amide bonds. The Hall–Kier alpha value is -2.08. The molecular formula is C13H16N2O4. The molecule has 1 aliphatic heterocycles. The number of carbonyl (C=O) groups is 2. The third kappa shape index (κ3) is 2.53. The standard InChI is InChI=1S/C13H16N2O4/c16-11(17)13(7-4-8-15(13)12(18)19)14-9-10-5-2-1-3-6-10/h1-3,5-6,14H,4,7-9H2,(H,16,17)(H,18,19). The summed E-state index contributed by atoms with van der Waals surface area (Å²) in [6.45, 7) is 0.556. The van der Waals surface area contributed by atoms with Gasteiger partial charge in [-0.05, 0) is 18.4 Å². The van der Waals surface area contributed by atoms with Gasteiger partial charge in [0.25, 0.3) is 0 Å². The molecule has 1 aromatic rings. The van der Waals surface area contributed by atoms with Crippen molar-refractivity contribution in [3.05, 3.63) is 35.9 Å². The van der Waals surface area contributed by atoms with Crippen LogP contribution in [0.2, 0.25) is 0 Å². The number of nitrogens with one attached hydrogen (secondary N) is 1. The van der Waals surface area contributed by atoms with E-state index in [1.807, 2.05) is 30.3 Å². The van der Waals surface area contributed by atoms with Gasteiger partial charge in [-0.1, -0.05) is 30.3 Å². The molecule has 0 radical (unpaired) electrons. The van der Waals surface area contributed by atoms with E-state index in [0.717, 1.165) is 10.5 Å². The fourth-order valence-corrected chi connectivity index (χ4v) is 2.40. The van der Waals surface area contributed by atoms with Crippen molar-refractivity contribution in [3.63, 3.8) is 0 Å². The molecule has 0 aliphatic carbocycles. The Bertz CT molecular complexity index is 477. The summed E-state index contributed by atoms with van der Waals surface area (Å²) in [6.07, 6.45) is -0.387. The van der Waals surface area contributed by atoms with Gasteiger partial charge in [-0.3, -0.25) is 10.2 Å². The second-order valence-corrected chi connectivity index (χ2v) is 4.54. The van der Waals surface area contributed by atoms with Gasteiger partial charge in [-0.2, -0.15) is 0 Å². The molecule has 1 fully saturated rings. The molecule has 1 unspecified atom stereocenters. The van der Waals surface area contributed by atoms with Crippen LogP contribution in [-0.4, -0.2) is 39.4 Å². The summed E-state index contributed by atoms with van der Waals surface area (Å²) in [7, 11) is 0. The molecule has 0 spiro atoms. The second kappa shape index (κ2) is 5.27. The lowest BCUT2D eigenvalue weighted by Crippen LogP contribution is -2.61. The third-order valence-electron chi connectivity index (χ3n) is 3.39. The van der Waals surface area contributed by atoms with Crippen molar-refractivity contribution < 1.29 is 19.8 Å². The molecule has 6 nitrogen and oxygen atoms in total. The number of likely N-dealkylation sites (tertiary alicyclic amines) is 1. The molecule has 2 rings (SSSR count). The van der Waals surface area contributed by atoms with Crippen molar-refractivity contribution in [2.45, 2.75) is 25.0 Å². The average Bonchev–Trinajstić information content (AvgIpc) is 2.83. The molecule has 1 atom stereocenters. The topological polar surface area (TPSA) is 89.9 Å². The number of aliphatic carboxylic acids is 1. The normalized spacial score (nSPS) is 22.4. The number of amides is 1. The summed E-state index contributed by atoms with van der Waals surface area (Å²) in [4.78, 5) is 23.6. The van der Waals surface area contributed by atoms with E-state index >= 15 is 0 Å². The van der Waals surface area contributed by atoms with E-state index in [0.29, 0.717) is 13.0 Å². The lowest BCUT2D eigenvalue weighted by molar-refractivity contribution is -0.151. The molecule has 0 bridgehead atoms. The predicted octanol–water partition coefficient (Wildman–Crippen LogP) is 1.33. The molecule has 19 heavy (non-hydrogen) atoms. The minimum atomic E-state index is -1.51. The first kappa shape index (κ1) is 13.4.